The van der Waals surface area contributed by atoms with E-state index in [9.17, 15) is 10.1 Å². The molecule has 1 aliphatic heterocycles. The van der Waals surface area contributed by atoms with Gasteiger partial charge in [-0.25, -0.2) is 0 Å². The Morgan fingerprint density at radius 3 is 2.70 bits per heavy atom. The normalized spacial score (nSPS) is 19.1. The van der Waals surface area contributed by atoms with Gasteiger partial charge in [-0.1, -0.05) is 47.8 Å². The molecule has 1 saturated heterocycles. The summed E-state index contributed by atoms with van der Waals surface area (Å²) >= 11 is 1.29. The second-order valence-electron chi connectivity index (χ2n) is 6.35. The lowest BCUT2D eigenvalue weighted by atomic mass is 9.74. The van der Waals surface area contributed by atoms with Crippen LogP contribution in [0.25, 0.3) is 6.08 Å². The van der Waals surface area contributed by atoms with Crippen LogP contribution in [0.2, 0.25) is 0 Å². The number of likely N-dealkylation sites (tertiary alicyclic amines) is 1. The molecular weight excluding hydrogens is 308 g/mol. The maximum atomic E-state index is 10.8. The number of thiophene rings is 1. The van der Waals surface area contributed by atoms with Crippen molar-refractivity contribution in [3.8, 4) is 0 Å². The molecule has 23 heavy (non-hydrogen) atoms. The molecule has 2 heterocycles. The topological polar surface area (TPSA) is 46.4 Å². The Labute approximate surface area is 139 Å². The van der Waals surface area contributed by atoms with E-state index in [2.05, 4.69) is 41.3 Å². The summed E-state index contributed by atoms with van der Waals surface area (Å²) in [7, 11) is 0. The Balaban J connectivity index is 1.44. The molecular formula is C18H18N2O2S. The summed E-state index contributed by atoms with van der Waals surface area (Å²) in [6.45, 7) is 2.88. The first-order valence-electron chi connectivity index (χ1n) is 7.91. The van der Waals surface area contributed by atoms with E-state index in [-0.39, 0.29) is 15.3 Å². The minimum atomic E-state index is -0.306. The molecule has 2 aliphatic rings. The zero-order chi connectivity index (χ0) is 15.9. The molecule has 1 aliphatic carbocycles. The molecule has 0 N–H and O–H groups in total. The monoisotopic (exact) mass is 326 g/mol. The summed E-state index contributed by atoms with van der Waals surface area (Å²) in [5, 5.41) is 11.0. The van der Waals surface area contributed by atoms with Crippen LogP contribution in [-0.2, 0) is 12.0 Å². The molecule has 1 fully saturated rings. The highest BCUT2D eigenvalue weighted by atomic mass is 32.1. The minimum absolute atomic E-state index is 0.203. The molecule has 0 bridgehead atoms. The van der Waals surface area contributed by atoms with Gasteiger partial charge >= 0.3 is 5.00 Å². The van der Waals surface area contributed by atoms with E-state index in [1.807, 2.05) is 6.07 Å². The van der Waals surface area contributed by atoms with Gasteiger partial charge in [0.15, 0.2) is 0 Å². The highest BCUT2D eigenvalue weighted by Crippen LogP contribution is 2.43. The largest absolute Gasteiger partial charge is 0.324 e. The summed E-state index contributed by atoms with van der Waals surface area (Å²) in [6.07, 6.45) is 6.88. The minimum Gasteiger partial charge on any atom is -0.298 e. The third-order valence-electron chi connectivity index (χ3n) is 5.03. The molecule has 0 atom stereocenters. The predicted octanol–water partition coefficient (Wildman–Crippen LogP) is 4.22. The van der Waals surface area contributed by atoms with Crippen molar-refractivity contribution in [2.75, 3.05) is 13.1 Å². The number of nitrogens with zero attached hydrogens (tertiary/aromatic N) is 2. The quantitative estimate of drug-likeness (QED) is 0.627. The summed E-state index contributed by atoms with van der Waals surface area (Å²) in [5.74, 6) is 0. The highest BCUT2D eigenvalue weighted by Gasteiger charge is 2.37. The van der Waals surface area contributed by atoms with Gasteiger partial charge in [0.25, 0.3) is 0 Å². The summed E-state index contributed by atoms with van der Waals surface area (Å²) in [6, 6.07) is 12.2. The predicted molar refractivity (Wildman–Crippen MR) is 92.6 cm³/mol. The number of piperidine rings is 1. The molecule has 4 rings (SSSR count). The Hall–Kier alpha value is -1.98. The third-order valence-corrected chi connectivity index (χ3v) is 6.06. The van der Waals surface area contributed by atoms with Crippen molar-refractivity contribution in [1.29, 1.82) is 0 Å². The van der Waals surface area contributed by atoms with Crippen molar-refractivity contribution in [3.63, 3.8) is 0 Å². The van der Waals surface area contributed by atoms with Crippen molar-refractivity contribution in [3.05, 3.63) is 68.6 Å². The first-order chi connectivity index (χ1) is 11.2. The summed E-state index contributed by atoms with van der Waals surface area (Å²) in [4.78, 5) is 14.0. The number of rotatable bonds is 3. The molecule has 2 aromatic rings. The lowest BCUT2D eigenvalue weighted by Crippen LogP contribution is -2.40. The van der Waals surface area contributed by atoms with Gasteiger partial charge in [-0.2, -0.15) is 0 Å². The standard InChI is InChI=1S/C18H18N2O2S/c21-20(22)17-6-5-15(23-17)13-19-11-9-18(10-12-19)8-7-14-3-1-2-4-16(14)18/h1-8H,9-13H2. The first kappa shape index (κ1) is 14.6. The molecule has 1 spiro atoms. The maximum absolute atomic E-state index is 10.8. The van der Waals surface area contributed by atoms with Gasteiger partial charge in [-0.3, -0.25) is 15.0 Å². The number of nitro groups is 1. The second kappa shape index (κ2) is 5.58. The van der Waals surface area contributed by atoms with Crippen molar-refractivity contribution in [2.24, 2.45) is 0 Å². The zero-order valence-corrected chi connectivity index (χ0v) is 13.6. The number of allylic oxidation sites excluding steroid dienone is 1. The van der Waals surface area contributed by atoms with Crippen LogP contribution in [0.4, 0.5) is 5.00 Å². The highest BCUT2D eigenvalue weighted by molar-refractivity contribution is 7.15. The van der Waals surface area contributed by atoms with Crippen molar-refractivity contribution in [1.82, 2.24) is 4.90 Å². The summed E-state index contributed by atoms with van der Waals surface area (Å²) < 4.78 is 0. The average molecular weight is 326 g/mol. The molecule has 1 aromatic carbocycles. The van der Waals surface area contributed by atoms with E-state index < -0.39 is 0 Å². The van der Waals surface area contributed by atoms with Gasteiger partial charge in [0, 0.05) is 22.9 Å². The van der Waals surface area contributed by atoms with E-state index in [4.69, 9.17) is 0 Å². The Kier molecular flexibility index (Phi) is 3.54. The summed E-state index contributed by atoms with van der Waals surface area (Å²) in [5.41, 5.74) is 3.02. The van der Waals surface area contributed by atoms with Gasteiger partial charge < -0.3 is 0 Å². The van der Waals surface area contributed by atoms with Crippen LogP contribution in [0.1, 0.15) is 28.8 Å². The van der Waals surface area contributed by atoms with Crippen LogP contribution < -0.4 is 0 Å². The van der Waals surface area contributed by atoms with Crippen molar-refractivity contribution >= 4 is 22.4 Å². The number of benzene rings is 1. The Bertz CT molecular complexity index is 773. The average Bonchev–Trinajstić information content (AvgIpc) is 3.16. The molecule has 0 saturated carbocycles. The molecule has 118 valence electrons. The molecule has 1 aromatic heterocycles. The molecule has 4 nitrogen and oxygen atoms in total. The van der Waals surface area contributed by atoms with E-state index in [0.717, 1.165) is 37.4 Å². The van der Waals surface area contributed by atoms with Crippen LogP contribution in [0.15, 0.2) is 42.5 Å². The van der Waals surface area contributed by atoms with E-state index in [1.54, 1.807) is 6.07 Å². The molecule has 5 heteroatoms. The number of hydrogen-bond donors (Lipinski definition) is 0. The second-order valence-corrected chi connectivity index (χ2v) is 7.50. The van der Waals surface area contributed by atoms with E-state index >= 15 is 0 Å². The van der Waals surface area contributed by atoms with Gasteiger partial charge in [0.05, 0.1) is 4.92 Å². The smallest absolute Gasteiger partial charge is 0.298 e. The van der Waals surface area contributed by atoms with Crippen molar-refractivity contribution < 1.29 is 4.92 Å². The first-order valence-corrected chi connectivity index (χ1v) is 8.72. The fourth-order valence-corrected chi connectivity index (χ4v) is 4.61. The Morgan fingerprint density at radius 1 is 1.17 bits per heavy atom. The van der Waals surface area contributed by atoms with Crippen LogP contribution >= 0.6 is 11.3 Å². The van der Waals surface area contributed by atoms with E-state index in [1.165, 1.54) is 22.5 Å². The third kappa shape index (κ3) is 2.60. The fraction of sp³-hybridized carbons (Fsp3) is 0.333. The lowest BCUT2D eigenvalue weighted by Gasteiger charge is -2.39. The van der Waals surface area contributed by atoms with Crippen LogP contribution in [0.5, 0.6) is 0 Å². The number of hydrogen-bond acceptors (Lipinski definition) is 4. The van der Waals surface area contributed by atoms with Gasteiger partial charge in [-0.15, -0.1) is 0 Å². The van der Waals surface area contributed by atoms with Crippen LogP contribution in [-0.4, -0.2) is 22.9 Å². The lowest BCUT2D eigenvalue weighted by molar-refractivity contribution is -0.380. The SMILES string of the molecule is O=[N+]([O-])c1ccc(CN2CCC3(C=Cc4ccccc43)CC2)s1. The molecule has 0 radical (unpaired) electrons. The Morgan fingerprint density at radius 2 is 1.96 bits per heavy atom. The van der Waals surface area contributed by atoms with E-state index in [0.29, 0.717) is 0 Å². The van der Waals surface area contributed by atoms with Crippen molar-refractivity contribution in [2.45, 2.75) is 24.8 Å². The fourth-order valence-electron chi connectivity index (χ4n) is 3.75. The van der Waals surface area contributed by atoms with Crippen LogP contribution in [0.3, 0.4) is 0 Å². The van der Waals surface area contributed by atoms with Gasteiger partial charge in [0.1, 0.15) is 0 Å². The van der Waals surface area contributed by atoms with Gasteiger partial charge in [0.2, 0.25) is 0 Å². The number of fused-ring (bicyclic) bond motifs is 2. The zero-order valence-electron chi connectivity index (χ0n) is 12.8. The maximum Gasteiger partial charge on any atom is 0.324 e. The van der Waals surface area contributed by atoms with Gasteiger partial charge in [-0.05, 0) is 43.1 Å². The van der Waals surface area contributed by atoms with Crippen LogP contribution in [0, 0.1) is 10.1 Å². The molecule has 0 unspecified atom stereocenters. The molecule has 0 amide bonds.